The van der Waals surface area contributed by atoms with E-state index in [-0.39, 0.29) is 24.2 Å². The maximum absolute atomic E-state index is 13.3. The summed E-state index contributed by atoms with van der Waals surface area (Å²) in [5.41, 5.74) is 15.4. The van der Waals surface area contributed by atoms with Crippen molar-refractivity contribution in [3.8, 4) is 11.3 Å². The lowest BCUT2D eigenvalue weighted by Gasteiger charge is -2.28. The fourth-order valence-electron chi connectivity index (χ4n) is 5.50. The van der Waals surface area contributed by atoms with Gasteiger partial charge in [-0.25, -0.2) is 4.98 Å². The molecule has 2 amide bonds. The summed E-state index contributed by atoms with van der Waals surface area (Å²) >= 11 is 0. The Bertz CT molecular complexity index is 1440. The minimum atomic E-state index is -0.422. The van der Waals surface area contributed by atoms with Gasteiger partial charge in [-0.3, -0.25) is 14.7 Å². The minimum absolute atomic E-state index is 0.0119. The second-order valence-corrected chi connectivity index (χ2v) is 10.8. The first-order valence-electron chi connectivity index (χ1n) is 14.0. The number of fused-ring (bicyclic) bond motifs is 1. The van der Waals surface area contributed by atoms with E-state index in [1.807, 2.05) is 55.6 Å². The number of carbonyl (C=O) groups is 2. The number of rotatable bonds is 10. The van der Waals surface area contributed by atoms with Crippen molar-refractivity contribution in [2.24, 2.45) is 17.6 Å². The molecule has 1 unspecified atom stereocenters. The summed E-state index contributed by atoms with van der Waals surface area (Å²) in [5, 5.41) is 11.1. The van der Waals surface area contributed by atoms with Crippen molar-refractivity contribution in [2.75, 3.05) is 19.3 Å². The average Bonchev–Trinajstić information content (AvgIpc) is 3.62. The molecular weight excluding hydrogens is 504 g/mol. The molecule has 0 bridgehead atoms. The van der Waals surface area contributed by atoms with Crippen LogP contribution in [0, 0.1) is 11.8 Å². The molecule has 10 nitrogen and oxygen atoms in total. The smallest absolute Gasteiger partial charge is 0.223 e. The molecule has 5 rings (SSSR count). The lowest BCUT2D eigenvalue weighted by Crippen LogP contribution is -2.37. The Morgan fingerprint density at radius 1 is 1.12 bits per heavy atom. The fraction of sp³-hybridized carbons (Fsp3) is 0.400. The SMILES string of the molecule is CN(Cc1ccccc1)C(=O)CCC(NC(=O)C1CCC(CN)CC1)c1ncc(-c2ccc3c(N)n[nH]c3c2)[nH]1. The monoisotopic (exact) mass is 542 g/mol. The highest BCUT2D eigenvalue weighted by Gasteiger charge is 2.29. The van der Waals surface area contributed by atoms with Crippen LogP contribution in [0.4, 0.5) is 5.82 Å². The lowest BCUT2D eigenvalue weighted by atomic mass is 9.81. The minimum Gasteiger partial charge on any atom is -0.382 e. The number of nitrogens with zero attached hydrogens (tertiary/aromatic N) is 3. The molecule has 0 spiro atoms. The number of aromatic nitrogens is 4. The zero-order valence-electron chi connectivity index (χ0n) is 22.9. The van der Waals surface area contributed by atoms with E-state index < -0.39 is 6.04 Å². The van der Waals surface area contributed by atoms with Gasteiger partial charge in [0.05, 0.1) is 23.4 Å². The molecule has 1 fully saturated rings. The molecule has 1 saturated carbocycles. The Hall–Kier alpha value is -4.18. The van der Waals surface area contributed by atoms with Crippen molar-refractivity contribution in [3.05, 3.63) is 66.1 Å². The number of benzene rings is 2. The van der Waals surface area contributed by atoms with Crippen LogP contribution in [0.3, 0.4) is 0 Å². The number of anilines is 1. The molecule has 2 aromatic heterocycles. The Morgan fingerprint density at radius 2 is 1.90 bits per heavy atom. The predicted molar refractivity (Wildman–Crippen MR) is 156 cm³/mol. The van der Waals surface area contributed by atoms with Crippen LogP contribution in [0.2, 0.25) is 0 Å². The van der Waals surface area contributed by atoms with Crippen molar-refractivity contribution < 1.29 is 9.59 Å². The van der Waals surface area contributed by atoms with Gasteiger partial charge in [-0.15, -0.1) is 0 Å². The molecule has 0 saturated heterocycles. The summed E-state index contributed by atoms with van der Waals surface area (Å²) in [6, 6.07) is 15.3. The molecular formula is C30H38N8O2. The molecule has 4 aromatic rings. The highest BCUT2D eigenvalue weighted by Crippen LogP contribution is 2.30. The first kappa shape index (κ1) is 27.4. The van der Waals surface area contributed by atoms with Gasteiger partial charge in [-0.2, -0.15) is 5.10 Å². The van der Waals surface area contributed by atoms with Crippen LogP contribution in [-0.2, 0) is 16.1 Å². The van der Waals surface area contributed by atoms with E-state index in [1.54, 1.807) is 11.1 Å². The van der Waals surface area contributed by atoms with Gasteiger partial charge >= 0.3 is 0 Å². The van der Waals surface area contributed by atoms with Crippen LogP contribution in [-0.4, -0.2) is 50.5 Å². The number of hydrogen-bond donors (Lipinski definition) is 5. The van der Waals surface area contributed by atoms with E-state index in [9.17, 15) is 9.59 Å². The summed E-state index contributed by atoms with van der Waals surface area (Å²) in [7, 11) is 1.81. The summed E-state index contributed by atoms with van der Waals surface area (Å²) in [4.78, 5) is 36.1. The molecule has 0 radical (unpaired) electrons. The van der Waals surface area contributed by atoms with Gasteiger partial charge in [-0.05, 0) is 62.3 Å². The molecule has 1 aliphatic carbocycles. The van der Waals surface area contributed by atoms with Crippen LogP contribution >= 0.6 is 0 Å². The number of nitrogens with one attached hydrogen (secondary N) is 3. The third-order valence-corrected chi connectivity index (χ3v) is 8.03. The Morgan fingerprint density at radius 3 is 2.65 bits per heavy atom. The highest BCUT2D eigenvalue weighted by atomic mass is 16.2. The summed E-state index contributed by atoms with van der Waals surface area (Å²) in [6.45, 7) is 1.20. The number of imidazole rings is 1. The molecule has 2 aromatic carbocycles. The van der Waals surface area contributed by atoms with Crippen molar-refractivity contribution in [3.63, 3.8) is 0 Å². The van der Waals surface area contributed by atoms with Gasteiger partial charge in [-0.1, -0.05) is 36.4 Å². The van der Waals surface area contributed by atoms with Crippen LogP contribution in [0.1, 0.15) is 56.0 Å². The quantitative estimate of drug-likeness (QED) is 0.204. The van der Waals surface area contributed by atoms with E-state index in [0.29, 0.717) is 37.1 Å². The van der Waals surface area contributed by atoms with E-state index in [1.165, 1.54) is 0 Å². The first-order valence-corrected chi connectivity index (χ1v) is 14.0. The van der Waals surface area contributed by atoms with Crippen molar-refractivity contribution in [1.29, 1.82) is 0 Å². The highest BCUT2D eigenvalue weighted by molar-refractivity contribution is 5.91. The fourth-order valence-corrected chi connectivity index (χ4v) is 5.50. The maximum Gasteiger partial charge on any atom is 0.223 e. The predicted octanol–water partition coefficient (Wildman–Crippen LogP) is 3.90. The summed E-state index contributed by atoms with van der Waals surface area (Å²) in [6.07, 6.45) is 6.06. The molecule has 1 atom stereocenters. The molecule has 10 heteroatoms. The largest absolute Gasteiger partial charge is 0.382 e. The van der Waals surface area contributed by atoms with E-state index in [4.69, 9.17) is 11.5 Å². The first-order chi connectivity index (χ1) is 19.4. The number of aromatic amines is 2. The van der Waals surface area contributed by atoms with Crippen LogP contribution in [0.5, 0.6) is 0 Å². The van der Waals surface area contributed by atoms with E-state index >= 15 is 0 Å². The van der Waals surface area contributed by atoms with Gasteiger partial charge in [0.25, 0.3) is 0 Å². The van der Waals surface area contributed by atoms with Crippen LogP contribution in [0.25, 0.3) is 22.2 Å². The van der Waals surface area contributed by atoms with Crippen molar-refractivity contribution >= 4 is 28.5 Å². The van der Waals surface area contributed by atoms with Gasteiger partial charge in [0, 0.05) is 36.9 Å². The summed E-state index contributed by atoms with van der Waals surface area (Å²) < 4.78 is 0. The van der Waals surface area contributed by atoms with Crippen LogP contribution in [0.15, 0.2) is 54.7 Å². The Kier molecular flexibility index (Phi) is 8.45. The standard InChI is InChI=1S/C30H38N8O2/c1-38(18-20-5-3-2-4-6-20)27(39)14-13-24(35-30(40)21-9-7-19(16-31)8-10-21)29-33-17-26(34-29)22-11-12-23-25(15-22)36-37-28(23)32/h2-6,11-12,15,17,19,21,24H,7-10,13-14,16,18,31H2,1H3,(H,33,34)(H,35,40)(H3,32,36,37). The van der Waals surface area contributed by atoms with E-state index in [2.05, 4.69) is 25.5 Å². The number of carbonyl (C=O) groups excluding carboxylic acids is 2. The lowest BCUT2D eigenvalue weighted by molar-refractivity contribution is -0.131. The zero-order valence-corrected chi connectivity index (χ0v) is 22.9. The number of hydrogen-bond acceptors (Lipinski definition) is 6. The number of nitrogen functional groups attached to an aromatic ring is 1. The maximum atomic E-state index is 13.3. The van der Waals surface area contributed by atoms with Gasteiger partial charge in [0.15, 0.2) is 5.82 Å². The summed E-state index contributed by atoms with van der Waals surface area (Å²) in [5.74, 6) is 1.55. The molecule has 2 heterocycles. The topological polar surface area (TPSA) is 159 Å². The zero-order chi connectivity index (χ0) is 28.1. The third kappa shape index (κ3) is 6.34. The van der Waals surface area contributed by atoms with Gasteiger partial charge < -0.3 is 26.7 Å². The van der Waals surface area contributed by atoms with E-state index in [0.717, 1.165) is 53.4 Å². The number of nitrogens with two attached hydrogens (primary N) is 2. The third-order valence-electron chi connectivity index (χ3n) is 8.03. The van der Waals surface area contributed by atoms with Crippen molar-refractivity contribution in [1.82, 2.24) is 30.4 Å². The Labute approximate surface area is 233 Å². The second-order valence-electron chi connectivity index (χ2n) is 10.8. The molecule has 40 heavy (non-hydrogen) atoms. The number of H-pyrrole nitrogens is 2. The van der Waals surface area contributed by atoms with Crippen LogP contribution < -0.4 is 16.8 Å². The van der Waals surface area contributed by atoms with Gasteiger partial charge in [0.2, 0.25) is 11.8 Å². The average molecular weight is 543 g/mol. The second kappa shape index (κ2) is 12.3. The number of amides is 2. The van der Waals surface area contributed by atoms with Gasteiger partial charge in [0.1, 0.15) is 5.82 Å². The Balaban J connectivity index is 1.30. The molecule has 0 aliphatic heterocycles. The molecule has 1 aliphatic rings. The normalized spacial score (nSPS) is 17.9. The van der Waals surface area contributed by atoms with Crippen molar-refractivity contribution in [2.45, 2.75) is 51.1 Å². The molecule has 7 N–H and O–H groups in total. The molecule has 210 valence electrons.